The first kappa shape index (κ1) is 13.8. The smallest absolute Gasteiger partial charge is 0.144 e. The van der Waals surface area contributed by atoms with Gasteiger partial charge >= 0.3 is 0 Å². The second kappa shape index (κ2) is 6.02. The Morgan fingerprint density at radius 3 is 2.74 bits per heavy atom. The van der Waals surface area contributed by atoms with Crippen LogP contribution in [-0.2, 0) is 6.54 Å². The lowest BCUT2D eigenvalue weighted by molar-refractivity contribution is 0.413. The maximum absolute atomic E-state index is 13.4. The molecule has 19 heavy (non-hydrogen) atoms. The zero-order valence-corrected chi connectivity index (χ0v) is 11.8. The molecular formula is C14H12BrF2NO. The van der Waals surface area contributed by atoms with Gasteiger partial charge in [-0.3, -0.25) is 0 Å². The molecule has 100 valence electrons. The Morgan fingerprint density at radius 2 is 2.00 bits per heavy atom. The lowest BCUT2D eigenvalue weighted by atomic mass is 10.2. The number of hydrogen-bond acceptors (Lipinski definition) is 2. The van der Waals surface area contributed by atoms with Gasteiger partial charge in [-0.25, -0.2) is 8.78 Å². The van der Waals surface area contributed by atoms with Crippen LogP contribution in [0.25, 0.3) is 0 Å². The van der Waals surface area contributed by atoms with Gasteiger partial charge in [0.25, 0.3) is 0 Å². The Kier molecular flexibility index (Phi) is 4.37. The molecule has 0 amide bonds. The first-order chi connectivity index (χ1) is 9.11. The summed E-state index contributed by atoms with van der Waals surface area (Å²) >= 11 is 3.19. The fraction of sp³-hybridized carbons (Fsp3) is 0.143. The molecule has 0 heterocycles. The largest absolute Gasteiger partial charge is 0.494 e. The predicted molar refractivity (Wildman–Crippen MR) is 74.4 cm³/mol. The summed E-state index contributed by atoms with van der Waals surface area (Å²) in [5.41, 5.74) is 1.42. The van der Waals surface area contributed by atoms with Crippen molar-refractivity contribution in [3.05, 3.63) is 58.1 Å². The molecule has 0 atom stereocenters. The molecule has 0 aliphatic rings. The molecule has 5 heteroatoms. The summed E-state index contributed by atoms with van der Waals surface area (Å²) in [6.07, 6.45) is 0. The molecule has 0 unspecified atom stereocenters. The van der Waals surface area contributed by atoms with Crippen LogP contribution in [0.2, 0.25) is 0 Å². The molecule has 1 N–H and O–H groups in total. The maximum Gasteiger partial charge on any atom is 0.144 e. The van der Waals surface area contributed by atoms with Crippen LogP contribution in [0.5, 0.6) is 5.75 Å². The minimum Gasteiger partial charge on any atom is -0.494 e. The molecule has 2 aromatic rings. The zero-order chi connectivity index (χ0) is 13.8. The van der Waals surface area contributed by atoms with Crippen molar-refractivity contribution in [2.24, 2.45) is 0 Å². The Labute approximate surface area is 118 Å². The summed E-state index contributed by atoms with van der Waals surface area (Å²) in [7, 11) is 1.47. The standard InChI is InChI=1S/C14H12BrF2NO/c1-19-13-7-10(16)5-6-12(13)18-8-9-3-2-4-11(17)14(9)15/h2-7,18H,8H2,1H3. The number of nitrogens with one attached hydrogen (secondary N) is 1. The van der Waals surface area contributed by atoms with Crippen LogP contribution in [-0.4, -0.2) is 7.11 Å². The molecule has 2 rings (SSSR count). The van der Waals surface area contributed by atoms with Gasteiger partial charge in [0, 0.05) is 12.6 Å². The molecular weight excluding hydrogens is 316 g/mol. The summed E-state index contributed by atoms with van der Waals surface area (Å²) in [6, 6.07) is 9.04. The summed E-state index contributed by atoms with van der Waals surface area (Å²) in [6.45, 7) is 0.403. The number of anilines is 1. The average molecular weight is 328 g/mol. The van der Waals surface area contributed by atoms with E-state index < -0.39 is 0 Å². The lowest BCUT2D eigenvalue weighted by Gasteiger charge is -2.12. The van der Waals surface area contributed by atoms with E-state index in [9.17, 15) is 8.78 Å². The van der Waals surface area contributed by atoms with E-state index >= 15 is 0 Å². The monoisotopic (exact) mass is 327 g/mol. The summed E-state index contributed by atoms with van der Waals surface area (Å²) in [4.78, 5) is 0. The molecule has 0 saturated heterocycles. The van der Waals surface area contributed by atoms with E-state index in [2.05, 4.69) is 21.2 Å². The highest BCUT2D eigenvalue weighted by Gasteiger charge is 2.07. The van der Waals surface area contributed by atoms with Crippen LogP contribution < -0.4 is 10.1 Å². The minimum atomic E-state index is -0.366. The van der Waals surface area contributed by atoms with Crippen LogP contribution in [0.3, 0.4) is 0 Å². The van der Waals surface area contributed by atoms with Crippen LogP contribution >= 0.6 is 15.9 Å². The van der Waals surface area contributed by atoms with E-state index in [0.717, 1.165) is 5.56 Å². The summed E-state index contributed by atoms with van der Waals surface area (Å²) in [5, 5.41) is 3.09. The van der Waals surface area contributed by atoms with Crippen LogP contribution in [0.4, 0.5) is 14.5 Å². The lowest BCUT2D eigenvalue weighted by Crippen LogP contribution is -2.03. The number of hydrogen-bond donors (Lipinski definition) is 1. The third kappa shape index (κ3) is 3.23. The fourth-order valence-corrected chi connectivity index (χ4v) is 2.09. The molecule has 2 nitrogen and oxygen atoms in total. The van der Waals surface area contributed by atoms with E-state index in [1.54, 1.807) is 18.2 Å². The van der Waals surface area contributed by atoms with E-state index in [-0.39, 0.29) is 11.6 Å². The first-order valence-electron chi connectivity index (χ1n) is 5.62. The first-order valence-corrected chi connectivity index (χ1v) is 6.41. The highest BCUT2D eigenvalue weighted by Crippen LogP contribution is 2.27. The van der Waals surface area contributed by atoms with Crippen molar-refractivity contribution in [2.75, 3.05) is 12.4 Å². The quantitative estimate of drug-likeness (QED) is 0.901. The Balaban J connectivity index is 2.17. The molecule has 0 spiro atoms. The second-order valence-electron chi connectivity index (χ2n) is 3.91. The van der Waals surface area contributed by atoms with Crippen molar-refractivity contribution >= 4 is 21.6 Å². The van der Waals surface area contributed by atoms with E-state index in [0.29, 0.717) is 22.5 Å². The molecule has 0 saturated carbocycles. The Bertz CT molecular complexity index is 590. The highest BCUT2D eigenvalue weighted by molar-refractivity contribution is 9.10. The number of ether oxygens (including phenoxy) is 1. The van der Waals surface area contributed by atoms with Gasteiger partial charge in [-0.2, -0.15) is 0 Å². The van der Waals surface area contributed by atoms with Crippen molar-refractivity contribution < 1.29 is 13.5 Å². The predicted octanol–water partition coefficient (Wildman–Crippen LogP) is 4.35. The fourth-order valence-electron chi connectivity index (χ4n) is 1.69. The topological polar surface area (TPSA) is 21.3 Å². The zero-order valence-electron chi connectivity index (χ0n) is 10.2. The second-order valence-corrected chi connectivity index (χ2v) is 4.70. The van der Waals surface area contributed by atoms with Gasteiger partial charge in [0.2, 0.25) is 0 Å². The van der Waals surface area contributed by atoms with Crippen molar-refractivity contribution in [1.29, 1.82) is 0 Å². The third-order valence-corrected chi connectivity index (χ3v) is 3.55. The van der Waals surface area contributed by atoms with E-state index in [4.69, 9.17) is 4.74 Å². The van der Waals surface area contributed by atoms with Crippen LogP contribution in [0.15, 0.2) is 40.9 Å². The normalized spacial score (nSPS) is 10.3. The van der Waals surface area contributed by atoms with Gasteiger partial charge in [0.15, 0.2) is 0 Å². The number of benzene rings is 2. The van der Waals surface area contributed by atoms with Crippen molar-refractivity contribution in [3.8, 4) is 5.75 Å². The minimum absolute atomic E-state index is 0.314. The van der Waals surface area contributed by atoms with Crippen molar-refractivity contribution in [1.82, 2.24) is 0 Å². The SMILES string of the molecule is COc1cc(F)ccc1NCc1cccc(F)c1Br. The van der Waals surface area contributed by atoms with Crippen molar-refractivity contribution in [2.45, 2.75) is 6.54 Å². The molecule has 0 bridgehead atoms. The highest BCUT2D eigenvalue weighted by atomic mass is 79.9. The maximum atomic E-state index is 13.4. The average Bonchev–Trinajstić information content (AvgIpc) is 2.41. The third-order valence-electron chi connectivity index (χ3n) is 2.66. The molecule has 0 aliphatic carbocycles. The Hall–Kier alpha value is -1.62. The summed E-state index contributed by atoms with van der Waals surface area (Å²) in [5.74, 6) is -0.271. The summed E-state index contributed by atoms with van der Waals surface area (Å²) < 4.78 is 31.9. The molecule has 2 aromatic carbocycles. The number of halogens is 3. The number of rotatable bonds is 4. The molecule has 0 fully saturated rings. The van der Waals surface area contributed by atoms with Crippen molar-refractivity contribution in [3.63, 3.8) is 0 Å². The molecule has 0 aromatic heterocycles. The molecule has 0 aliphatic heterocycles. The van der Waals surface area contributed by atoms with Gasteiger partial charge in [-0.1, -0.05) is 12.1 Å². The van der Waals surface area contributed by atoms with E-state index in [1.165, 1.54) is 25.3 Å². The van der Waals surface area contributed by atoms with Gasteiger partial charge in [-0.05, 0) is 39.7 Å². The van der Waals surface area contributed by atoms with Gasteiger partial charge in [0.05, 0.1) is 17.3 Å². The van der Waals surface area contributed by atoms with Crippen LogP contribution in [0, 0.1) is 11.6 Å². The van der Waals surface area contributed by atoms with E-state index in [1.807, 2.05) is 0 Å². The van der Waals surface area contributed by atoms with Crippen LogP contribution in [0.1, 0.15) is 5.56 Å². The number of methoxy groups -OCH3 is 1. The Morgan fingerprint density at radius 1 is 1.21 bits per heavy atom. The van der Waals surface area contributed by atoms with Gasteiger partial charge < -0.3 is 10.1 Å². The van der Waals surface area contributed by atoms with Gasteiger partial charge in [-0.15, -0.1) is 0 Å². The molecule has 0 radical (unpaired) electrons. The van der Waals surface area contributed by atoms with Gasteiger partial charge in [0.1, 0.15) is 17.4 Å².